The molecule has 7 nitrogen and oxygen atoms in total. The van der Waals surface area contributed by atoms with Crippen molar-refractivity contribution >= 4 is 12.2 Å². The van der Waals surface area contributed by atoms with Gasteiger partial charge in [-0.1, -0.05) is 0 Å². The summed E-state index contributed by atoms with van der Waals surface area (Å²) in [7, 11) is 0. The van der Waals surface area contributed by atoms with Crippen LogP contribution in [0, 0.1) is 6.92 Å². The van der Waals surface area contributed by atoms with Crippen LogP contribution < -0.4 is 0 Å². The lowest BCUT2D eigenvalue weighted by atomic mass is 9.83. The van der Waals surface area contributed by atoms with Crippen molar-refractivity contribution in [2.24, 2.45) is 0 Å². The Morgan fingerprint density at radius 2 is 2.00 bits per heavy atom. The maximum Gasteiger partial charge on any atom is 0.255 e. The molecule has 1 aliphatic rings. The number of rotatable bonds is 4. The van der Waals surface area contributed by atoms with Crippen LogP contribution in [0.3, 0.4) is 0 Å². The van der Waals surface area contributed by atoms with Crippen molar-refractivity contribution in [2.45, 2.75) is 31.7 Å². The largest absolute Gasteiger partial charge is 0.507 e. The highest BCUT2D eigenvalue weighted by atomic mass is 16.3. The summed E-state index contributed by atoms with van der Waals surface area (Å²) < 4.78 is 0. The van der Waals surface area contributed by atoms with Crippen molar-refractivity contribution in [3.8, 4) is 11.5 Å². The second kappa shape index (κ2) is 7.75. The number of carbonyl (C=O) groups is 2. The number of phenolic OH excluding ortho intramolecular Hbond substituents is 2. The van der Waals surface area contributed by atoms with Gasteiger partial charge in [-0.25, -0.2) is 0 Å². The number of phenols is 2. The standard InChI is InChI=1S/C20H22N2O5/c1-12-4-5-13(9-21-12)20(27)22-6-2-3-15(17(22)11-24)14-7-18(25)16(10-23)19(26)8-14/h4-5,7-10,15,17,24-26H,2-3,6,11H2,1H3/t15?,17-/m1/s1. The van der Waals surface area contributed by atoms with Gasteiger partial charge in [0.05, 0.1) is 23.8 Å². The van der Waals surface area contributed by atoms with E-state index in [0.29, 0.717) is 36.8 Å². The molecule has 1 aliphatic heterocycles. The Kier molecular flexibility index (Phi) is 5.41. The van der Waals surface area contributed by atoms with Gasteiger partial charge in [0.25, 0.3) is 5.91 Å². The quantitative estimate of drug-likeness (QED) is 0.710. The third-order valence-corrected chi connectivity index (χ3v) is 5.09. The Hall–Kier alpha value is -2.93. The van der Waals surface area contributed by atoms with Gasteiger partial charge in [0.15, 0.2) is 6.29 Å². The van der Waals surface area contributed by atoms with E-state index in [1.807, 2.05) is 6.92 Å². The average Bonchev–Trinajstić information content (AvgIpc) is 2.67. The number of amides is 1. The molecule has 0 aliphatic carbocycles. The van der Waals surface area contributed by atoms with Crippen LogP contribution in [0.1, 0.15) is 50.7 Å². The summed E-state index contributed by atoms with van der Waals surface area (Å²) in [5.74, 6) is -1.13. The smallest absolute Gasteiger partial charge is 0.255 e. The van der Waals surface area contributed by atoms with Crippen LogP contribution >= 0.6 is 0 Å². The van der Waals surface area contributed by atoms with Crippen molar-refractivity contribution in [1.82, 2.24) is 9.88 Å². The summed E-state index contributed by atoms with van der Waals surface area (Å²) in [6, 6.07) is 5.79. The molecule has 0 radical (unpaired) electrons. The summed E-state index contributed by atoms with van der Waals surface area (Å²) in [6.45, 7) is 2.08. The minimum absolute atomic E-state index is 0.172. The molecule has 3 rings (SSSR count). The maximum absolute atomic E-state index is 12.9. The van der Waals surface area contributed by atoms with Gasteiger partial charge in [-0.2, -0.15) is 0 Å². The lowest BCUT2D eigenvalue weighted by Gasteiger charge is -2.41. The third-order valence-electron chi connectivity index (χ3n) is 5.09. The zero-order valence-corrected chi connectivity index (χ0v) is 15.0. The molecule has 2 aromatic rings. The number of carbonyl (C=O) groups excluding carboxylic acids is 2. The van der Waals surface area contributed by atoms with Crippen LogP contribution in [0.15, 0.2) is 30.5 Å². The van der Waals surface area contributed by atoms with Gasteiger partial charge in [0.1, 0.15) is 11.5 Å². The number of hydrogen-bond acceptors (Lipinski definition) is 6. The average molecular weight is 370 g/mol. The molecule has 7 heteroatoms. The Labute approximate surface area is 156 Å². The van der Waals surface area contributed by atoms with Crippen LogP contribution in [-0.2, 0) is 0 Å². The van der Waals surface area contributed by atoms with Gasteiger partial charge in [-0.15, -0.1) is 0 Å². The number of aryl methyl sites for hydroxylation is 1. The zero-order chi connectivity index (χ0) is 19.6. The van der Waals surface area contributed by atoms with E-state index in [1.54, 1.807) is 17.0 Å². The highest BCUT2D eigenvalue weighted by Gasteiger charge is 2.36. The predicted molar refractivity (Wildman–Crippen MR) is 98.0 cm³/mol. The first kappa shape index (κ1) is 18.8. The minimum Gasteiger partial charge on any atom is -0.507 e. The first-order valence-electron chi connectivity index (χ1n) is 8.81. The molecule has 3 N–H and O–H groups in total. The number of piperidine rings is 1. The van der Waals surface area contributed by atoms with Crippen molar-refractivity contribution in [3.05, 3.63) is 52.8 Å². The molecule has 1 unspecified atom stereocenters. The molecule has 1 aromatic heterocycles. The highest BCUT2D eigenvalue weighted by molar-refractivity contribution is 5.94. The van der Waals surface area contributed by atoms with E-state index in [-0.39, 0.29) is 35.5 Å². The molecule has 27 heavy (non-hydrogen) atoms. The van der Waals surface area contributed by atoms with Crippen LogP contribution in [0.2, 0.25) is 0 Å². The van der Waals surface area contributed by atoms with E-state index in [0.717, 1.165) is 5.69 Å². The number of nitrogens with zero attached hydrogens (tertiary/aromatic N) is 2. The fourth-order valence-corrected chi connectivity index (χ4v) is 3.66. The van der Waals surface area contributed by atoms with Gasteiger partial charge in [-0.05, 0) is 49.6 Å². The van der Waals surface area contributed by atoms with Gasteiger partial charge >= 0.3 is 0 Å². The Bertz CT molecular complexity index is 827. The van der Waals surface area contributed by atoms with Gasteiger partial charge in [0.2, 0.25) is 0 Å². The van der Waals surface area contributed by atoms with E-state index in [1.165, 1.54) is 18.3 Å². The van der Waals surface area contributed by atoms with Crippen LogP contribution in [0.5, 0.6) is 11.5 Å². The molecular formula is C20H22N2O5. The topological polar surface area (TPSA) is 111 Å². The summed E-state index contributed by atoms with van der Waals surface area (Å²) in [6.07, 6.45) is 3.30. The Balaban J connectivity index is 1.92. The number of likely N-dealkylation sites (tertiary alicyclic amines) is 1. The molecule has 0 saturated carbocycles. The SMILES string of the molecule is Cc1ccc(C(=O)N2CCCC(c3cc(O)c(C=O)c(O)c3)[C@H]2CO)cn1. The molecule has 2 heterocycles. The van der Waals surface area contributed by atoms with E-state index >= 15 is 0 Å². The minimum atomic E-state index is -0.506. The summed E-state index contributed by atoms with van der Waals surface area (Å²) in [5.41, 5.74) is 1.66. The Morgan fingerprint density at radius 3 is 2.56 bits per heavy atom. The summed E-state index contributed by atoms with van der Waals surface area (Å²) in [4.78, 5) is 29.7. The van der Waals surface area contributed by atoms with Crippen LogP contribution in [0.25, 0.3) is 0 Å². The summed E-state index contributed by atoms with van der Waals surface area (Å²) >= 11 is 0. The first-order chi connectivity index (χ1) is 13.0. The number of aldehydes is 1. The van der Waals surface area contributed by atoms with Crippen molar-refractivity contribution in [1.29, 1.82) is 0 Å². The second-order valence-corrected chi connectivity index (χ2v) is 6.78. The normalized spacial score (nSPS) is 19.7. The molecule has 2 atom stereocenters. The zero-order valence-electron chi connectivity index (χ0n) is 15.0. The lowest BCUT2D eigenvalue weighted by Crippen LogP contribution is -2.49. The van der Waals surface area contributed by atoms with Gasteiger partial charge in [-0.3, -0.25) is 14.6 Å². The summed E-state index contributed by atoms with van der Waals surface area (Å²) in [5, 5.41) is 30.0. The first-order valence-corrected chi connectivity index (χ1v) is 8.81. The maximum atomic E-state index is 12.9. The fraction of sp³-hybridized carbons (Fsp3) is 0.350. The van der Waals surface area contributed by atoms with E-state index < -0.39 is 6.04 Å². The highest BCUT2D eigenvalue weighted by Crippen LogP contribution is 2.38. The van der Waals surface area contributed by atoms with Crippen LogP contribution in [0.4, 0.5) is 0 Å². The number of hydrogen-bond donors (Lipinski definition) is 3. The molecule has 1 aromatic carbocycles. The molecule has 1 amide bonds. The van der Waals surface area contributed by atoms with Crippen molar-refractivity contribution in [3.63, 3.8) is 0 Å². The van der Waals surface area contributed by atoms with E-state index in [4.69, 9.17) is 0 Å². The predicted octanol–water partition coefficient (Wildman–Crippen LogP) is 1.99. The Morgan fingerprint density at radius 1 is 1.30 bits per heavy atom. The molecule has 0 spiro atoms. The second-order valence-electron chi connectivity index (χ2n) is 6.78. The number of benzene rings is 1. The number of aliphatic hydroxyl groups excluding tert-OH is 1. The van der Waals surface area contributed by atoms with Crippen LogP contribution in [-0.4, -0.2) is 56.6 Å². The van der Waals surface area contributed by atoms with E-state index in [9.17, 15) is 24.9 Å². The number of pyridine rings is 1. The molecule has 142 valence electrons. The van der Waals surface area contributed by atoms with Gasteiger partial charge in [0, 0.05) is 24.4 Å². The third kappa shape index (κ3) is 3.64. The molecule has 1 fully saturated rings. The monoisotopic (exact) mass is 370 g/mol. The lowest BCUT2D eigenvalue weighted by molar-refractivity contribution is 0.0442. The molecular weight excluding hydrogens is 348 g/mol. The number of aliphatic hydroxyl groups is 1. The fourth-order valence-electron chi connectivity index (χ4n) is 3.66. The molecule has 0 bridgehead atoms. The number of aromatic nitrogens is 1. The number of aromatic hydroxyl groups is 2. The van der Waals surface area contributed by atoms with E-state index in [2.05, 4.69) is 4.98 Å². The molecule has 1 saturated heterocycles. The van der Waals surface area contributed by atoms with Crippen molar-refractivity contribution in [2.75, 3.05) is 13.2 Å². The van der Waals surface area contributed by atoms with Crippen molar-refractivity contribution < 1.29 is 24.9 Å². The van der Waals surface area contributed by atoms with Gasteiger partial charge < -0.3 is 20.2 Å².